The highest BCUT2D eigenvalue weighted by molar-refractivity contribution is 5.91. The number of hydrogen-bond acceptors (Lipinski definition) is 4. The first-order chi connectivity index (χ1) is 15.2. The topological polar surface area (TPSA) is 86.0 Å². The van der Waals surface area contributed by atoms with Crippen molar-refractivity contribution in [2.75, 3.05) is 0 Å². The number of rotatable bonds is 7. The van der Waals surface area contributed by atoms with E-state index in [0.717, 1.165) is 14.8 Å². The van der Waals surface area contributed by atoms with Crippen molar-refractivity contribution in [2.45, 2.75) is 52.6 Å². The summed E-state index contributed by atoms with van der Waals surface area (Å²) in [5.74, 6) is -0.936. The monoisotopic (exact) mass is 438 g/mol. The number of carbonyl (C=O) groups is 1. The van der Waals surface area contributed by atoms with Gasteiger partial charge in [0.25, 0.3) is 11.5 Å². The van der Waals surface area contributed by atoms with E-state index in [9.17, 15) is 18.8 Å². The van der Waals surface area contributed by atoms with Crippen molar-refractivity contribution in [3.63, 3.8) is 0 Å². The maximum atomic E-state index is 14.2. The number of benzene rings is 2. The molecule has 0 saturated carbocycles. The molecule has 1 heterocycles. The van der Waals surface area contributed by atoms with Crippen molar-refractivity contribution in [2.24, 2.45) is 0 Å². The van der Waals surface area contributed by atoms with Crippen molar-refractivity contribution in [3.8, 4) is 5.69 Å². The number of aromatic nitrogens is 3. The third kappa shape index (κ3) is 4.85. The summed E-state index contributed by atoms with van der Waals surface area (Å²) in [6.45, 7) is 7.47. The van der Waals surface area contributed by atoms with E-state index in [0.29, 0.717) is 18.0 Å². The first-order valence-corrected chi connectivity index (χ1v) is 10.6. The maximum Gasteiger partial charge on any atom is 0.352 e. The highest BCUT2D eigenvalue weighted by Crippen LogP contribution is 2.16. The summed E-state index contributed by atoms with van der Waals surface area (Å²) in [7, 11) is 0. The Labute approximate surface area is 185 Å². The molecular weight excluding hydrogens is 411 g/mol. The highest BCUT2D eigenvalue weighted by atomic mass is 19.1. The van der Waals surface area contributed by atoms with Crippen molar-refractivity contribution in [3.05, 3.63) is 92.0 Å². The summed E-state index contributed by atoms with van der Waals surface area (Å²) < 4.78 is 16.1. The zero-order valence-electron chi connectivity index (χ0n) is 18.6. The van der Waals surface area contributed by atoms with Gasteiger partial charge in [-0.2, -0.15) is 9.78 Å². The lowest BCUT2D eigenvalue weighted by Gasteiger charge is -2.15. The first-order valence-electron chi connectivity index (χ1n) is 10.6. The standard InChI is InChI=1S/C24H27FN4O3/c1-5-16(4)26-22(30)21-23(31)28(14-18-8-6-7-9-20(18)25)24(32)29(27-21)19-12-10-17(11-13-19)15(2)3/h6-13,15-16H,5,14H2,1-4H3,(H,26,30)/t16-/m1/s1. The lowest BCUT2D eigenvalue weighted by Crippen LogP contribution is -2.47. The predicted molar refractivity (Wildman–Crippen MR) is 121 cm³/mol. The normalized spacial score (nSPS) is 12.1. The van der Waals surface area contributed by atoms with Crippen LogP contribution in [0.5, 0.6) is 0 Å². The van der Waals surface area contributed by atoms with Gasteiger partial charge in [-0.05, 0) is 43.0 Å². The summed E-state index contributed by atoms with van der Waals surface area (Å²) in [5, 5.41) is 6.80. The van der Waals surface area contributed by atoms with Crippen molar-refractivity contribution >= 4 is 5.91 Å². The molecule has 2 aromatic carbocycles. The lowest BCUT2D eigenvalue weighted by atomic mass is 10.0. The average molecular weight is 439 g/mol. The third-order valence-corrected chi connectivity index (χ3v) is 5.36. The molecule has 7 nitrogen and oxygen atoms in total. The Morgan fingerprint density at radius 3 is 2.31 bits per heavy atom. The predicted octanol–water partition coefficient (Wildman–Crippen LogP) is 3.23. The lowest BCUT2D eigenvalue weighted by molar-refractivity contribution is 0.0929. The smallest absolute Gasteiger partial charge is 0.348 e. The van der Waals surface area contributed by atoms with Crippen molar-refractivity contribution in [1.82, 2.24) is 19.7 Å². The molecule has 1 aromatic heterocycles. The van der Waals surface area contributed by atoms with Gasteiger partial charge in [0.1, 0.15) is 5.82 Å². The molecule has 0 radical (unpaired) electrons. The van der Waals surface area contributed by atoms with Gasteiger partial charge in [0.2, 0.25) is 5.69 Å². The van der Waals surface area contributed by atoms with Crippen LogP contribution in [0.2, 0.25) is 0 Å². The van der Waals surface area contributed by atoms with Gasteiger partial charge in [-0.25, -0.2) is 9.18 Å². The fraction of sp³-hybridized carbons (Fsp3) is 0.333. The molecule has 8 heteroatoms. The molecule has 0 aliphatic heterocycles. The Kier molecular flexibility index (Phi) is 7.02. The Balaban J connectivity index is 2.19. The summed E-state index contributed by atoms with van der Waals surface area (Å²) in [6, 6.07) is 12.8. The number of carbonyl (C=O) groups excluding carboxylic acids is 1. The van der Waals surface area contributed by atoms with E-state index in [4.69, 9.17) is 0 Å². The molecule has 3 aromatic rings. The van der Waals surface area contributed by atoms with Crippen LogP contribution >= 0.6 is 0 Å². The average Bonchev–Trinajstić information content (AvgIpc) is 2.77. The van der Waals surface area contributed by atoms with Gasteiger partial charge in [0.05, 0.1) is 12.2 Å². The number of nitrogens with zero attached hydrogens (tertiary/aromatic N) is 3. The molecule has 1 amide bonds. The molecule has 0 spiro atoms. The van der Waals surface area contributed by atoms with E-state index >= 15 is 0 Å². The number of halogens is 1. The van der Waals surface area contributed by atoms with E-state index in [2.05, 4.69) is 10.4 Å². The fourth-order valence-corrected chi connectivity index (χ4v) is 3.16. The van der Waals surface area contributed by atoms with Crippen LogP contribution in [0.4, 0.5) is 4.39 Å². The van der Waals surface area contributed by atoms with Crippen LogP contribution in [-0.2, 0) is 6.54 Å². The fourth-order valence-electron chi connectivity index (χ4n) is 3.16. The minimum atomic E-state index is -0.867. The first kappa shape index (κ1) is 23.1. The van der Waals surface area contributed by atoms with E-state index in [1.165, 1.54) is 18.2 Å². The van der Waals surface area contributed by atoms with Gasteiger partial charge >= 0.3 is 5.69 Å². The molecule has 3 rings (SSSR count). The molecule has 0 bridgehead atoms. The summed E-state index contributed by atoms with van der Waals surface area (Å²) >= 11 is 0. The Morgan fingerprint density at radius 1 is 1.06 bits per heavy atom. The van der Waals surface area contributed by atoms with Crippen LogP contribution < -0.4 is 16.6 Å². The summed E-state index contributed by atoms with van der Waals surface area (Å²) in [5.41, 5.74) is -0.415. The van der Waals surface area contributed by atoms with Gasteiger partial charge < -0.3 is 5.32 Å². The van der Waals surface area contributed by atoms with E-state index < -0.39 is 28.7 Å². The summed E-state index contributed by atoms with van der Waals surface area (Å²) in [6.07, 6.45) is 0.658. The van der Waals surface area contributed by atoms with Crippen molar-refractivity contribution < 1.29 is 9.18 Å². The van der Waals surface area contributed by atoms with E-state index in [-0.39, 0.29) is 18.2 Å². The third-order valence-electron chi connectivity index (χ3n) is 5.36. The second-order valence-corrected chi connectivity index (χ2v) is 8.05. The van der Waals surface area contributed by atoms with Crippen LogP contribution in [0.3, 0.4) is 0 Å². The van der Waals surface area contributed by atoms with E-state index in [1.807, 2.05) is 32.9 Å². The number of amides is 1. The molecule has 1 atom stereocenters. The maximum absolute atomic E-state index is 14.2. The van der Waals surface area contributed by atoms with Crippen LogP contribution in [-0.4, -0.2) is 26.3 Å². The second kappa shape index (κ2) is 9.72. The molecule has 0 aliphatic rings. The second-order valence-electron chi connectivity index (χ2n) is 8.05. The van der Waals surface area contributed by atoms with Gasteiger partial charge in [0, 0.05) is 11.6 Å². The molecule has 0 aliphatic carbocycles. The van der Waals surface area contributed by atoms with Gasteiger partial charge in [-0.1, -0.05) is 51.1 Å². The molecule has 1 N–H and O–H groups in total. The quantitative estimate of drug-likeness (QED) is 0.614. The molecule has 0 unspecified atom stereocenters. The summed E-state index contributed by atoms with van der Waals surface area (Å²) in [4.78, 5) is 39.0. The van der Waals surface area contributed by atoms with Crippen LogP contribution in [0.1, 0.15) is 61.6 Å². The molecule has 0 saturated heterocycles. The largest absolute Gasteiger partial charge is 0.352 e. The Morgan fingerprint density at radius 2 is 1.72 bits per heavy atom. The number of hydrogen-bond donors (Lipinski definition) is 1. The minimum Gasteiger partial charge on any atom is -0.348 e. The Bertz CT molecular complexity index is 1230. The van der Waals surface area contributed by atoms with E-state index in [1.54, 1.807) is 25.1 Å². The highest BCUT2D eigenvalue weighted by Gasteiger charge is 2.22. The molecule has 0 fully saturated rings. The van der Waals surface area contributed by atoms with Crippen LogP contribution in [0.25, 0.3) is 5.69 Å². The zero-order chi connectivity index (χ0) is 23.4. The SMILES string of the molecule is CC[C@@H](C)NC(=O)c1nn(-c2ccc(C(C)C)cc2)c(=O)n(Cc2ccccc2F)c1=O. The molecule has 168 valence electrons. The van der Waals surface area contributed by atoms with Crippen molar-refractivity contribution in [1.29, 1.82) is 0 Å². The molecule has 32 heavy (non-hydrogen) atoms. The Hall–Kier alpha value is -3.55. The van der Waals surface area contributed by atoms with Gasteiger partial charge in [-0.3, -0.25) is 14.2 Å². The van der Waals surface area contributed by atoms with Crippen LogP contribution in [0, 0.1) is 5.82 Å². The molecular formula is C24H27FN4O3. The van der Waals surface area contributed by atoms with Gasteiger partial charge in [0.15, 0.2) is 0 Å². The minimum absolute atomic E-state index is 0.160. The number of nitrogens with one attached hydrogen (secondary N) is 1. The van der Waals surface area contributed by atoms with Gasteiger partial charge in [-0.15, -0.1) is 0 Å². The van der Waals surface area contributed by atoms with Crippen LogP contribution in [0.15, 0.2) is 58.1 Å². The zero-order valence-corrected chi connectivity index (χ0v) is 18.6.